The average molecular weight is 520 g/mol. The van der Waals surface area contributed by atoms with Crippen molar-refractivity contribution in [1.29, 1.82) is 0 Å². The van der Waals surface area contributed by atoms with Crippen LogP contribution in [-0.4, -0.2) is 58.6 Å². The molecule has 2 heterocycles. The zero-order valence-corrected chi connectivity index (χ0v) is 21.3. The van der Waals surface area contributed by atoms with Crippen molar-refractivity contribution in [3.8, 4) is 5.75 Å². The van der Waals surface area contributed by atoms with Gasteiger partial charge in [0.1, 0.15) is 30.1 Å². The van der Waals surface area contributed by atoms with Gasteiger partial charge < -0.3 is 23.7 Å². The number of nitrogens with zero attached hydrogens (tertiary/aromatic N) is 3. The molecule has 2 saturated heterocycles. The van der Waals surface area contributed by atoms with Crippen molar-refractivity contribution in [3.63, 3.8) is 0 Å². The Balaban J connectivity index is 1.53. The van der Waals surface area contributed by atoms with Crippen LogP contribution < -0.4 is 4.74 Å². The smallest absolute Gasteiger partial charge is 0.297 e. The quantitative estimate of drug-likeness (QED) is 0.211. The second-order valence-electron chi connectivity index (χ2n) is 9.01. The van der Waals surface area contributed by atoms with Gasteiger partial charge in [-0.2, -0.15) is 8.42 Å². The van der Waals surface area contributed by atoms with Crippen LogP contribution in [0.2, 0.25) is 0 Å². The number of methoxy groups -OCH3 is 1. The number of azide groups is 1. The standard InChI is InChI=1S/C24H29N3O8S/c1-15-5-11-18(12-6-15)36(28,29)32-14-19-21-22(35-24(2,3)34-21)20(26-27-25)23(33-19)31-13-16-7-9-17(30-4)10-8-16/h5-12,19-23H,13-14H2,1-4H3/t19-,20-,21+,22-,23+/m1/s1. The van der Waals surface area contributed by atoms with Crippen molar-refractivity contribution >= 4 is 10.1 Å². The van der Waals surface area contributed by atoms with Crippen molar-refractivity contribution in [2.24, 2.45) is 5.11 Å². The van der Waals surface area contributed by atoms with Gasteiger partial charge in [-0.05, 0) is 56.1 Å². The van der Waals surface area contributed by atoms with Gasteiger partial charge >= 0.3 is 0 Å². The van der Waals surface area contributed by atoms with Gasteiger partial charge in [-0.15, -0.1) is 0 Å². The third-order valence-electron chi connectivity index (χ3n) is 5.91. The summed E-state index contributed by atoms with van der Waals surface area (Å²) in [5.41, 5.74) is 10.9. The van der Waals surface area contributed by atoms with E-state index in [1.54, 1.807) is 45.2 Å². The zero-order chi connectivity index (χ0) is 25.9. The first-order valence-electron chi connectivity index (χ1n) is 11.4. The SMILES string of the molecule is COc1ccc(CO[C@H]2O[C@H](COS(=O)(=O)c3ccc(C)cc3)[C@@H]3OC(C)(C)O[C@@H]3[C@H]2N=[N+]=[N-])cc1. The van der Waals surface area contributed by atoms with E-state index in [9.17, 15) is 13.9 Å². The molecule has 0 saturated carbocycles. The molecule has 194 valence electrons. The summed E-state index contributed by atoms with van der Waals surface area (Å²) in [5.74, 6) is -0.311. The first-order valence-corrected chi connectivity index (χ1v) is 12.8. The largest absolute Gasteiger partial charge is 0.497 e. The van der Waals surface area contributed by atoms with E-state index in [0.29, 0.717) is 5.75 Å². The minimum atomic E-state index is -4.05. The highest BCUT2D eigenvalue weighted by Crippen LogP contribution is 2.39. The van der Waals surface area contributed by atoms with Crippen LogP contribution in [-0.2, 0) is 39.9 Å². The molecule has 0 amide bonds. The lowest BCUT2D eigenvalue weighted by Crippen LogP contribution is -2.57. The lowest BCUT2D eigenvalue weighted by molar-refractivity contribution is -0.248. The summed E-state index contributed by atoms with van der Waals surface area (Å²) < 4.78 is 60.1. The van der Waals surface area contributed by atoms with E-state index in [-0.39, 0.29) is 18.1 Å². The Labute approximate surface area is 210 Å². The number of rotatable bonds is 9. The number of hydrogen-bond acceptors (Lipinski definition) is 9. The van der Waals surface area contributed by atoms with Crippen molar-refractivity contribution in [1.82, 2.24) is 0 Å². The Morgan fingerprint density at radius 3 is 2.36 bits per heavy atom. The lowest BCUT2D eigenvalue weighted by atomic mass is 9.98. The fourth-order valence-corrected chi connectivity index (χ4v) is 5.05. The summed E-state index contributed by atoms with van der Waals surface area (Å²) in [6.45, 7) is 5.09. The van der Waals surface area contributed by atoms with Gasteiger partial charge in [0.25, 0.3) is 10.1 Å². The minimum absolute atomic E-state index is 0.0312. The molecule has 0 aliphatic carbocycles. The number of fused-ring (bicyclic) bond motifs is 1. The molecule has 11 nitrogen and oxygen atoms in total. The van der Waals surface area contributed by atoms with E-state index in [2.05, 4.69) is 10.0 Å². The molecule has 12 heteroatoms. The third kappa shape index (κ3) is 5.98. The zero-order valence-electron chi connectivity index (χ0n) is 20.4. The molecule has 5 atom stereocenters. The molecule has 2 aromatic carbocycles. The van der Waals surface area contributed by atoms with Crippen LogP contribution in [0.25, 0.3) is 10.4 Å². The first kappa shape index (κ1) is 26.4. The summed E-state index contributed by atoms with van der Waals surface area (Å²) in [4.78, 5) is 2.97. The van der Waals surface area contributed by atoms with Crippen LogP contribution in [0.15, 0.2) is 58.5 Å². The highest BCUT2D eigenvalue weighted by molar-refractivity contribution is 7.86. The summed E-state index contributed by atoms with van der Waals surface area (Å²) in [6, 6.07) is 12.7. The maximum absolute atomic E-state index is 12.8. The molecule has 0 radical (unpaired) electrons. The molecule has 2 aromatic rings. The molecular weight excluding hydrogens is 490 g/mol. The van der Waals surface area contributed by atoms with Crippen molar-refractivity contribution in [2.75, 3.05) is 13.7 Å². The molecular formula is C24H29N3O8S. The Kier molecular flexibility index (Phi) is 7.86. The van der Waals surface area contributed by atoms with Crippen LogP contribution in [0.3, 0.4) is 0 Å². The van der Waals surface area contributed by atoms with E-state index >= 15 is 0 Å². The highest BCUT2D eigenvalue weighted by atomic mass is 32.2. The Morgan fingerprint density at radius 1 is 1.06 bits per heavy atom. The summed E-state index contributed by atoms with van der Waals surface area (Å²) in [5, 5.41) is 3.86. The monoisotopic (exact) mass is 519 g/mol. The fraction of sp³-hybridized carbons (Fsp3) is 0.500. The third-order valence-corrected chi connectivity index (χ3v) is 7.21. The minimum Gasteiger partial charge on any atom is -0.497 e. The number of benzene rings is 2. The molecule has 0 bridgehead atoms. The molecule has 2 aliphatic heterocycles. The van der Waals surface area contributed by atoms with Crippen molar-refractivity contribution < 1.29 is 36.3 Å². The van der Waals surface area contributed by atoms with Crippen LogP contribution in [0.1, 0.15) is 25.0 Å². The van der Waals surface area contributed by atoms with Gasteiger partial charge in [0.15, 0.2) is 12.1 Å². The summed E-state index contributed by atoms with van der Waals surface area (Å²) in [7, 11) is -2.47. The summed E-state index contributed by atoms with van der Waals surface area (Å²) in [6.07, 6.45) is -3.38. The Bertz CT molecular complexity index is 1200. The van der Waals surface area contributed by atoms with Crippen molar-refractivity contribution in [3.05, 3.63) is 70.1 Å². The van der Waals surface area contributed by atoms with Crippen LogP contribution in [0.4, 0.5) is 0 Å². The second-order valence-corrected chi connectivity index (χ2v) is 10.6. The van der Waals surface area contributed by atoms with Crippen molar-refractivity contribution in [2.45, 2.75) is 68.7 Å². The van der Waals surface area contributed by atoms with E-state index < -0.39 is 46.5 Å². The lowest BCUT2D eigenvalue weighted by Gasteiger charge is -2.40. The fourth-order valence-electron chi connectivity index (χ4n) is 4.14. The molecule has 0 N–H and O–H groups in total. The number of aryl methyl sites for hydroxylation is 1. The average Bonchev–Trinajstić information content (AvgIpc) is 3.18. The molecule has 4 rings (SSSR count). The maximum atomic E-state index is 12.8. The van der Waals surface area contributed by atoms with Gasteiger partial charge in [-0.3, -0.25) is 4.18 Å². The molecule has 0 unspecified atom stereocenters. The molecule has 0 aromatic heterocycles. The van der Waals surface area contributed by atoms with Gasteiger partial charge in [0, 0.05) is 4.91 Å². The van der Waals surface area contributed by atoms with E-state index in [0.717, 1.165) is 11.1 Å². The van der Waals surface area contributed by atoms with Gasteiger partial charge in [-0.1, -0.05) is 34.9 Å². The highest BCUT2D eigenvalue weighted by Gasteiger charge is 2.55. The predicted octanol–water partition coefficient (Wildman–Crippen LogP) is 3.85. The van der Waals surface area contributed by atoms with Gasteiger partial charge in [-0.25, -0.2) is 0 Å². The van der Waals surface area contributed by atoms with E-state index in [1.165, 1.54) is 12.1 Å². The van der Waals surface area contributed by atoms with E-state index in [4.69, 9.17) is 27.9 Å². The number of hydrogen-bond donors (Lipinski definition) is 0. The topological polar surface area (TPSA) is 138 Å². The molecule has 0 spiro atoms. The molecule has 36 heavy (non-hydrogen) atoms. The molecule has 2 aliphatic rings. The van der Waals surface area contributed by atoms with Crippen LogP contribution in [0, 0.1) is 6.92 Å². The Hall–Kier alpha value is -2.70. The van der Waals surface area contributed by atoms with Gasteiger partial charge in [0.05, 0.1) is 25.2 Å². The van der Waals surface area contributed by atoms with Crippen LogP contribution >= 0.6 is 0 Å². The molecule has 2 fully saturated rings. The first-order chi connectivity index (χ1) is 17.1. The van der Waals surface area contributed by atoms with Gasteiger partial charge in [0.2, 0.25) is 0 Å². The van der Waals surface area contributed by atoms with E-state index in [1.807, 2.05) is 19.1 Å². The number of ether oxygens (including phenoxy) is 5. The maximum Gasteiger partial charge on any atom is 0.297 e. The van der Waals surface area contributed by atoms with Crippen LogP contribution in [0.5, 0.6) is 5.75 Å². The normalized spacial score (nSPS) is 27.2. The second kappa shape index (κ2) is 10.7. The summed E-state index contributed by atoms with van der Waals surface area (Å²) >= 11 is 0. The predicted molar refractivity (Wildman–Crippen MR) is 128 cm³/mol. The Morgan fingerprint density at radius 2 is 1.72 bits per heavy atom.